The number of rotatable bonds is 4. The molecule has 0 heterocycles. The van der Waals surface area contributed by atoms with E-state index in [1.165, 1.54) is 0 Å². The summed E-state index contributed by atoms with van der Waals surface area (Å²) < 4.78 is 22.0. The molecule has 0 unspecified atom stereocenters. The predicted octanol–water partition coefficient (Wildman–Crippen LogP) is -0.191. The molecule has 6 heteroatoms. The molecule has 1 saturated carbocycles. The minimum atomic E-state index is -3.26. The molecule has 0 radical (unpaired) electrons. The average molecular weight is 248 g/mol. The number of carbonyl (C=O) groups excluding carboxylic acids is 1. The van der Waals surface area contributed by atoms with Crippen LogP contribution >= 0.6 is 0 Å². The summed E-state index contributed by atoms with van der Waals surface area (Å²) in [6.45, 7) is 0.377. The fourth-order valence-electron chi connectivity index (χ4n) is 2.18. The van der Waals surface area contributed by atoms with E-state index in [2.05, 4.69) is 5.32 Å². The Hall–Kier alpha value is -0.620. The lowest BCUT2D eigenvalue weighted by molar-refractivity contribution is -0.120. The van der Waals surface area contributed by atoms with Crippen LogP contribution in [-0.2, 0) is 14.6 Å². The first-order valence-corrected chi connectivity index (χ1v) is 7.62. The monoisotopic (exact) mass is 248 g/mol. The molecule has 0 atom stereocenters. The molecular weight excluding hydrogens is 228 g/mol. The Balaban J connectivity index is 2.59. The molecule has 1 rings (SSSR count). The molecule has 1 fully saturated rings. The Morgan fingerprint density at radius 2 is 1.88 bits per heavy atom. The van der Waals surface area contributed by atoms with Crippen molar-refractivity contribution in [3.05, 3.63) is 0 Å². The first-order chi connectivity index (χ1) is 7.37. The third-order valence-electron chi connectivity index (χ3n) is 3.00. The third-order valence-corrected chi connectivity index (χ3v) is 3.79. The Kier molecular flexibility index (Phi) is 4.32. The van der Waals surface area contributed by atoms with E-state index in [4.69, 9.17) is 5.73 Å². The van der Waals surface area contributed by atoms with Crippen molar-refractivity contribution >= 4 is 15.7 Å². The summed E-state index contributed by atoms with van der Waals surface area (Å²) in [5, 5.41) is 2.80. The topological polar surface area (TPSA) is 89.3 Å². The van der Waals surface area contributed by atoms with Crippen LogP contribution in [0.1, 0.15) is 32.1 Å². The maximum absolute atomic E-state index is 11.5. The predicted molar refractivity (Wildman–Crippen MR) is 62.7 cm³/mol. The highest BCUT2D eigenvalue weighted by Crippen LogP contribution is 2.27. The van der Waals surface area contributed by atoms with Crippen LogP contribution in [0.3, 0.4) is 0 Å². The van der Waals surface area contributed by atoms with Gasteiger partial charge in [-0.1, -0.05) is 19.3 Å². The summed E-state index contributed by atoms with van der Waals surface area (Å²) >= 11 is 0. The first-order valence-electron chi connectivity index (χ1n) is 5.56. The molecule has 0 aliphatic heterocycles. The fourth-order valence-corrected chi connectivity index (χ4v) is 2.73. The van der Waals surface area contributed by atoms with Crippen LogP contribution in [0.25, 0.3) is 0 Å². The van der Waals surface area contributed by atoms with Crippen LogP contribution < -0.4 is 11.1 Å². The van der Waals surface area contributed by atoms with Gasteiger partial charge in [0.05, 0.1) is 5.54 Å². The van der Waals surface area contributed by atoms with Crippen molar-refractivity contribution in [3.63, 3.8) is 0 Å². The van der Waals surface area contributed by atoms with Gasteiger partial charge in [-0.05, 0) is 12.8 Å². The molecule has 1 aliphatic carbocycles. The van der Waals surface area contributed by atoms with E-state index in [1.54, 1.807) is 0 Å². The zero-order valence-electron chi connectivity index (χ0n) is 9.66. The Bertz CT molecular complexity index is 345. The number of hydrogen-bond donors (Lipinski definition) is 2. The number of sulfone groups is 1. The maximum atomic E-state index is 11.5. The van der Waals surface area contributed by atoms with Gasteiger partial charge in [0, 0.05) is 12.8 Å². The van der Waals surface area contributed by atoms with E-state index in [-0.39, 0.29) is 5.54 Å². The van der Waals surface area contributed by atoms with Crippen LogP contribution in [-0.4, -0.2) is 38.4 Å². The van der Waals surface area contributed by atoms with Crippen LogP contribution in [0, 0.1) is 0 Å². The zero-order chi connectivity index (χ0) is 12.2. The van der Waals surface area contributed by atoms with Crippen LogP contribution in [0.15, 0.2) is 0 Å². The number of amides is 1. The molecule has 0 saturated heterocycles. The zero-order valence-corrected chi connectivity index (χ0v) is 10.5. The summed E-state index contributed by atoms with van der Waals surface area (Å²) in [5.74, 6) is -0.885. The summed E-state index contributed by atoms with van der Waals surface area (Å²) in [7, 11) is -3.26. The largest absolute Gasteiger partial charge is 0.349 e. The van der Waals surface area contributed by atoms with Crippen molar-refractivity contribution in [2.24, 2.45) is 5.73 Å². The lowest BCUT2D eigenvalue weighted by atomic mass is 9.81. The van der Waals surface area contributed by atoms with E-state index in [0.29, 0.717) is 6.54 Å². The van der Waals surface area contributed by atoms with Crippen molar-refractivity contribution in [1.29, 1.82) is 0 Å². The van der Waals surface area contributed by atoms with Gasteiger partial charge in [0.25, 0.3) is 0 Å². The molecule has 0 spiro atoms. The van der Waals surface area contributed by atoms with Crippen molar-refractivity contribution in [1.82, 2.24) is 5.32 Å². The van der Waals surface area contributed by atoms with Crippen molar-refractivity contribution in [3.8, 4) is 0 Å². The average Bonchev–Trinajstić information content (AvgIpc) is 2.16. The molecule has 5 nitrogen and oxygen atoms in total. The lowest BCUT2D eigenvalue weighted by Gasteiger charge is -2.37. The van der Waals surface area contributed by atoms with E-state index in [1.807, 2.05) is 0 Å². The van der Waals surface area contributed by atoms with Gasteiger partial charge in [-0.25, -0.2) is 8.42 Å². The van der Waals surface area contributed by atoms with Gasteiger partial charge in [0.2, 0.25) is 5.91 Å². The van der Waals surface area contributed by atoms with E-state index >= 15 is 0 Å². The molecule has 0 bridgehead atoms. The SMILES string of the molecule is CS(=O)(=O)CC(=O)NC1(CN)CCCCC1. The molecule has 0 aromatic heterocycles. The number of hydrogen-bond acceptors (Lipinski definition) is 4. The Morgan fingerprint density at radius 1 is 1.31 bits per heavy atom. The third kappa shape index (κ3) is 4.09. The quantitative estimate of drug-likeness (QED) is 0.721. The highest BCUT2D eigenvalue weighted by atomic mass is 32.2. The summed E-state index contributed by atoms with van der Waals surface area (Å²) in [6.07, 6.45) is 5.98. The minimum absolute atomic E-state index is 0.375. The number of carbonyl (C=O) groups is 1. The Labute approximate surface area is 96.7 Å². The second-order valence-electron chi connectivity index (χ2n) is 4.66. The van der Waals surface area contributed by atoms with Gasteiger partial charge in [-0.3, -0.25) is 4.79 Å². The molecule has 1 amide bonds. The normalized spacial score (nSPS) is 20.4. The molecule has 1 aliphatic rings. The van der Waals surface area contributed by atoms with Gasteiger partial charge in [-0.15, -0.1) is 0 Å². The maximum Gasteiger partial charge on any atom is 0.235 e. The highest BCUT2D eigenvalue weighted by Gasteiger charge is 2.32. The Morgan fingerprint density at radius 3 is 2.31 bits per heavy atom. The van der Waals surface area contributed by atoms with Gasteiger partial charge in [-0.2, -0.15) is 0 Å². The van der Waals surface area contributed by atoms with Crippen molar-refractivity contribution in [2.75, 3.05) is 18.6 Å². The van der Waals surface area contributed by atoms with Crippen LogP contribution in [0.4, 0.5) is 0 Å². The van der Waals surface area contributed by atoms with E-state index < -0.39 is 21.5 Å². The molecule has 94 valence electrons. The molecule has 16 heavy (non-hydrogen) atoms. The van der Waals surface area contributed by atoms with Crippen LogP contribution in [0.2, 0.25) is 0 Å². The van der Waals surface area contributed by atoms with Gasteiger partial charge >= 0.3 is 0 Å². The molecule has 0 aromatic rings. The summed E-state index contributed by atoms with van der Waals surface area (Å²) in [6, 6.07) is 0. The fraction of sp³-hybridized carbons (Fsp3) is 0.900. The summed E-state index contributed by atoms with van der Waals surface area (Å²) in [5.41, 5.74) is 5.31. The molecule has 0 aromatic carbocycles. The van der Waals surface area contributed by atoms with Gasteiger partial charge in [0.1, 0.15) is 5.75 Å². The second-order valence-corrected chi connectivity index (χ2v) is 6.80. The van der Waals surface area contributed by atoms with Crippen molar-refractivity contribution < 1.29 is 13.2 Å². The first kappa shape index (κ1) is 13.4. The van der Waals surface area contributed by atoms with E-state index in [9.17, 15) is 13.2 Å². The minimum Gasteiger partial charge on any atom is -0.349 e. The lowest BCUT2D eigenvalue weighted by Crippen LogP contribution is -2.55. The highest BCUT2D eigenvalue weighted by molar-refractivity contribution is 7.91. The number of nitrogens with two attached hydrogens (primary N) is 1. The second kappa shape index (κ2) is 5.14. The smallest absolute Gasteiger partial charge is 0.235 e. The van der Waals surface area contributed by atoms with Crippen LogP contribution in [0.5, 0.6) is 0 Å². The van der Waals surface area contributed by atoms with Gasteiger partial charge < -0.3 is 11.1 Å². The van der Waals surface area contributed by atoms with Gasteiger partial charge in [0.15, 0.2) is 9.84 Å². The molecular formula is C10H20N2O3S. The summed E-state index contributed by atoms with van der Waals surface area (Å²) in [4.78, 5) is 11.5. The molecule has 3 N–H and O–H groups in total. The standard InChI is InChI=1S/C10H20N2O3S/c1-16(14,15)7-9(13)12-10(8-11)5-3-2-4-6-10/h2-8,11H2,1H3,(H,12,13). The van der Waals surface area contributed by atoms with E-state index in [0.717, 1.165) is 38.4 Å². The van der Waals surface area contributed by atoms with Crippen molar-refractivity contribution in [2.45, 2.75) is 37.6 Å². The number of nitrogens with one attached hydrogen (secondary N) is 1.